The van der Waals surface area contributed by atoms with Crippen LogP contribution in [0.25, 0.3) is 0 Å². The number of cyclic esters (lactones) is 1. The van der Waals surface area contributed by atoms with E-state index < -0.39 is 52.7 Å². The maximum atomic E-state index is 14.6. The summed E-state index contributed by atoms with van der Waals surface area (Å²) in [5, 5.41) is 3.05. The van der Waals surface area contributed by atoms with Crippen molar-refractivity contribution in [2.24, 2.45) is 0 Å². The summed E-state index contributed by atoms with van der Waals surface area (Å²) in [6.45, 7) is -0.557. The second-order valence-electron chi connectivity index (χ2n) is 6.63. The molecule has 2 heterocycles. The van der Waals surface area contributed by atoms with Gasteiger partial charge in [0.05, 0.1) is 18.8 Å². The molecule has 3 rings (SSSR count). The summed E-state index contributed by atoms with van der Waals surface area (Å²) >= 11 is 0. The molecule has 2 amide bonds. The number of alkyl halides is 2. The van der Waals surface area contributed by atoms with Crippen LogP contribution in [-0.2, 0) is 9.53 Å². The first-order chi connectivity index (χ1) is 13.6. The summed E-state index contributed by atoms with van der Waals surface area (Å²) in [5.41, 5.74) is -0.381. The number of carbonyl (C=O) groups is 2. The molecule has 29 heavy (non-hydrogen) atoms. The van der Waals surface area contributed by atoms with Gasteiger partial charge in [0.15, 0.2) is 0 Å². The number of halogens is 4. The highest BCUT2D eigenvalue weighted by atomic mass is 32.3. The van der Waals surface area contributed by atoms with E-state index in [-0.39, 0.29) is 36.5 Å². The number of allylic oxidation sites excluding steroid dienone is 1. The maximum absolute atomic E-state index is 14.6. The SMILES string of the molecule is O=C(NC[C@H]1CN(c2cc(F)c(C3C=CS(O)(O)CC3)c(F)c2)C(=O)O1)C(F)F. The lowest BCUT2D eigenvalue weighted by molar-refractivity contribution is -0.132. The van der Waals surface area contributed by atoms with Crippen LogP contribution in [0.4, 0.5) is 28.0 Å². The number of nitrogens with one attached hydrogen (secondary N) is 1. The molecule has 1 aromatic rings. The lowest BCUT2D eigenvalue weighted by Gasteiger charge is -2.34. The van der Waals surface area contributed by atoms with Gasteiger partial charge in [-0.25, -0.2) is 13.6 Å². The number of anilines is 1. The van der Waals surface area contributed by atoms with Crippen molar-refractivity contribution in [1.82, 2.24) is 5.32 Å². The molecular formula is C17H18F4N2O5S. The van der Waals surface area contributed by atoms with Crippen molar-refractivity contribution in [1.29, 1.82) is 0 Å². The molecule has 0 aliphatic carbocycles. The van der Waals surface area contributed by atoms with Gasteiger partial charge in [0, 0.05) is 22.6 Å². The second kappa shape index (κ2) is 8.20. The van der Waals surface area contributed by atoms with Crippen LogP contribution in [0.15, 0.2) is 23.6 Å². The van der Waals surface area contributed by atoms with E-state index >= 15 is 0 Å². The van der Waals surface area contributed by atoms with E-state index in [1.54, 1.807) is 0 Å². The summed E-state index contributed by atoms with van der Waals surface area (Å²) in [7, 11) is -2.87. The Labute approximate surface area is 164 Å². The van der Waals surface area contributed by atoms with Crippen molar-refractivity contribution in [3.8, 4) is 0 Å². The van der Waals surface area contributed by atoms with Gasteiger partial charge in [0.2, 0.25) is 0 Å². The third-order valence-electron chi connectivity index (χ3n) is 4.58. The van der Waals surface area contributed by atoms with E-state index in [9.17, 15) is 36.3 Å². The first-order valence-corrected chi connectivity index (χ1v) is 10.3. The summed E-state index contributed by atoms with van der Waals surface area (Å²) in [6, 6.07) is 1.89. The number of rotatable bonds is 5. The zero-order valence-electron chi connectivity index (χ0n) is 14.9. The third-order valence-corrected chi connectivity index (χ3v) is 6.01. The summed E-state index contributed by atoms with van der Waals surface area (Å²) < 4.78 is 77.7. The lowest BCUT2D eigenvalue weighted by Crippen LogP contribution is -2.37. The molecule has 0 aromatic heterocycles. The molecule has 160 valence electrons. The molecule has 1 fully saturated rings. The zero-order chi connectivity index (χ0) is 21.3. The Hall–Kier alpha value is -2.31. The highest BCUT2D eigenvalue weighted by Crippen LogP contribution is 2.48. The van der Waals surface area contributed by atoms with Crippen molar-refractivity contribution in [3.05, 3.63) is 40.8 Å². The van der Waals surface area contributed by atoms with Crippen molar-refractivity contribution in [2.75, 3.05) is 23.7 Å². The van der Waals surface area contributed by atoms with Crippen molar-refractivity contribution < 1.29 is 41.0 Å². The molecule has 7 nitrogen and oxygen atoms in total. The van der Waals surface area contributed by atoms with Crippen LogP contribution in [0.2, 0.25) is 0 Å². The largest absolute Gasteiger partial charge is 0.442 e. The molecule has 0 bridgehead atoms. The molecule has 1 unspecified atom stereocenters. The van der Waals surface area contributed by atoms with Gasteiger partial charge in [-0.15, -0.1) is 0 Å². The number of nitrogens with zero attached hydrogens (tertiary/aromatic N) is 1. The van der Waals surface area contributed by atoms with E-state index in [1.807, 2.05) is 5.32 Å². The van der Waals surface area contributed by atoms with Crippen LogP contribution in [-0.4, -0.2) is 52.5 Å². The smallest absolute Gasteiger partial charge is 0.414 e. The van der Waals surface area contributed by atoms with Gasteiger partial charge >= 0.3 is 12.5 Å². The fourth-order valence-electron chi connectivity index (χ4n) is 3.14. The van der Waals surface area contributed by atoms with Crippen LogP contribution in [0, 0.1) is 11.6 Å². The number of amides is 2. The molecule has 0 saturated carbocycles. The molecule has 12 heteroatoms. The van der Waals surface area contributed by atoms with Crippen molar-refractivity contribution in [2.45, 2.75) is 24.9 Å². The van der Waals surface area contributed by atoms with Gasteiger partial charge in [-0.1, -0.05) is 6.08 Å². The quantitative estimate of drug-likeness (QED) is 0.612. The van der Waals surface area contributed by atoms with Crippen LogP contribution < -0.4 is 10.2 Å². The predicted octanol–water partition coefficient (Wildman–Crippen LogP) is 3.42. The van der Waals surface area contributed by atoms with Gasteiger partial charge < -0.3 is 10.1 Å². The van der Waals surface area contributed by atoms with Gasteiger partial charge in [0.25, 0.3) is 5.91 Å². The van der Waals surface area contributed by atoms with Gasteiger partial charge in [-0.3, -0.25) is 18.8 Å². The molecule has 0 spiro atoms. The molecule has 3 N–H and O–H groups in total. The number of hydrogen-bond acceptors (Lipinski definition) is 5. The van der Waals surface area contributed by atoms with Gasteiger partial charge in [-0.05, 0) is 18.6 Å². The zero-order valence-corrected chi connectivity index (χ0v) is 15.7. The van der Waals surface area contributed by atoms with E-state index in [2.05, 4.69) is 0 Å². The lowest BCUT2D eigenvalue weighted by atomic mass is 9.95. The Morgan fingerprint density at radius 2 is 1.97 bits per heavy atom. The topological polar surface area (TPSA) is 99.1 Å². The van der Waals surface area contributed by atoms with E-state index in [1.165, 1.54) is 6.08 Å². The highest BCUT2D eigenvalue weighted by molar-refractivity contribution is 8.26. The Kier molecular flexibility index (Phi) is 6.05. The molecule has 1 saturated heterocycles. The highest BCUT2D eigenvalue weighted by Gasteiger charge is 2.34. The van der Waals surface area contributed by atoms with Crippen LogP contribution in [0.5, 0.6) is 0 Å². The summed E-state index contributed by atoms with van der Waals surface area (Å²) in [6.07, 6.45) is -3.62. The summed E-state index contributed by atoms with van der Waals surface area (Å²) in [4.78, 5) is 23.8. The standard InChI is InChI=1S/C17H18F4N2O5S/c18-12-5-10(6-13(19)14(12)9-1-3-29(26,27)4-2-9)23-8-11(28-17(23)25)7-22-16(24)15(20)21/h1,3,5-6,9,11,15,26-27H,2,4,7-8H2,(H,22,24)/t9?,11-/m0/s1. The fourth-order valence-corrected chi connectivity index (χ4v) is 4.32. The molecule has 0 radical (unpaired) electrons. The van der Waals surface area contributed by atoms with Gasteiger partial charge in [-0.2, -0.15) is 19.4 Å². The minimum atomic E-state index is -3.21. The Morgan fingerprint density at radius 1 is 1.31 bits per heavy atom. The number of benzene rings is 1. The number of ether oxygens (including phenoxy) is 1. The minimum absolute atomic E-state index is 0.0146. The molecule has 1 aromatic carbocycles. The third kappa shape index (κ3) is 4.82. The average molecular weight is 438 g/mol. The minimum Gasteiger partial charge on any atom is -0.442 e. The molecular weight excluding hydrogens is 420 g/mol. The molecule has 2 atom stereocenters. The molecule has 2 aliphatic heterocycles. The molecule has 2 aliphatic rings. The van der Waals surface area contributed by atoms with Crippen LogP contribution in [0.3, 0.4) is 0 Å². The second-order valence-corrected chi connectivity index (χ2v) is 8.75. The predicted molar refractivity (Wildman–Crippen MR) is 97.2 cm³/mol. The average Bonchev–Trinajstić information content (AvgIpc) is 3.01. The first kappa shape index (κ1) is 21.4. The van der Waals surface area contributed by atoms with Crippen molar-refractivity contribution in [3.63, 3.8) is 0 Å². The van der Waals surface area contributed by atoms with Crippen LogP contribution >= 0.6 is 10.6 Å². The van der Waals surface area contributed by atoms with E-state index in [0.29, 0.717) is 0 Å². The normalized spacial score (nSPS) is 24.5. The summed E-state index contributed by atoms with van der Waals surface area (Å²) in [5.74, 6) is -4.06. The Balaban J connectivity index is 1.73. The monoisotopic (exact) mass is 438 g/mol. The first-order valence-electron chi connectivity index (χ1n) is 8.54. The van der Waals surface area contributed by atoms with Gasteiger partial charge in [0.1, 0.15) is 17.7 Å². The van der Waals surface area contributed by atoms with E-state index in [0.717, 1.165) is 22.4 Å². The fraction of sp³-hybridized carbons (Fsp3) is 0.412. The van der Waals surface area contributed by atoms with Crippen molar-refractivity contribution >= 4 is 28.3 Å². The Morgan fingerprint density at radius 3 is 2.52 bits per heavy atom. The van der Waals surface area contributed by atoms with E-state index in [4.69, 9.17) is 4.74 Å². The number of carbonyl (C=O) groups excluding carboxylic acids is 2. The number of hydrogen-bond donors (Lipinski definition) is 3. The Bertz CT molecular complexity index is 828. The van der Waals surface area contributed by atoms with Crippen LogP contribution in [0.1, 0.15) is 17.9 Å². The maximum Gasteiger partial charge on any atom is 0.414 e.